The molecular formula is C7H10O5. The molecule has 0 aromatic rings. The van der Waals surface area contributed by atoms with Gasteiger partial charge in [0.2, 0.25) is 0 Å². The minimum absolute atomic E-state index is 0.0648. The van der Waals surface area contributed by atoms with Gasteiger partial charge >= 0.3 is 12.1 Å². The third-order valence-corrected chi connectivity index (χ3v) is 0.499. The molecule has 0 unspecified atom stereocenters. The number of hydrogen-bond donors (Lipinski definition) is 2. The molecule has 0 aliphatic heterocycles. The van der Waals surface area contributed by atoms with Crippen LogP contribution in [0.25, 0.3) is 0 Å². The standard InChI is InChI=1S/C4H6O3.C3H4O2/c1-2-3-7-4(5)6;1-2-3(4)5/h2H,1,3H2,(H,5,6);2H,1H2,(H,4,5). The predicted molar refractivity (Wildman–Crippen MR) is 42.0 cm³/mol. The molecule has 0 amide bonds. The van der Waals surface area contributed by atoms with E-state index >= 15 is 0 Å². The molecule has 0 aliphatic carbocycles. The van der Waals surface area contributed by atoms with Crippen LogP contribution in [0.1, 0.15) is 0 Å². The molecule has 0 heterocycles. The van der Waals surface area contributed by atoms with E-state index in [-0.39, 0.29) is 6.61 Å². The number of carboxylic acids is 1. The smallest absolute Gasteiger partial charge is 0.478 e. The molecule has 0 aromatic heterocycles. The largest absolute Gasteiger partial charge is 0.506 e. The average molecular weight is 174 g/mol. The summed E-state index contributed by atoms with van der Waals surface area (Å²) < 4.78 is 3.99. The molecule has 0 aliphatic rings. The Labute approximate surface area is 69.6 Å². The minimum atomic E-state index is -1.26. The van der Waals surface area contributed by atoms with Crippen molar-refractivity contribution < 1.29 is 24.5 Å². The first kappa shape index (κ1) is 12.9. The lowest BCUT2D eigenvalue weighted by Gasteiger charge is -1.88. The van der Waals surface area contributed by atoms with Crippen LogP contribution in [0.15, 0.2) is 25.3 Å². The van der Waals surface area contributed by atoms with Crippen LogP contribution >= 0.6 is 0 Å². The van der Waals surface area contributed by atoms with E-state index in [2.05, 4.69) is 17.9 Å². The molecular weight excluding hydrogens is 164 g/mol. The summed E-state index contributed by atoms with van der Waals surface area (Å²) in [7, 11) is 0. The first-order chi connectivity index (χ1) is 5.54. The first-order valence-electron chi connectivity index (χ1n) is 2.86. The molecule has 0 saturated carbocycles. The summed E-state index contributed by atoms with van der Waals surface area (Å²) in [5, 5.41) is 15.4. The van der Waals surface area contributed by atoms with Crippen LogP contribution < -0.4 is 0 Å². The van der Waals surface area contributed by atoms with E-state index in [9.17, 15) is 9.59 Å². The van der Waals surface area contributed by atoms with Crippen LogP contribution in [-0.2, 0) is 9.53 Å². The van der Waals surface area contributed by atoms with Crippen molar-refractivity contribution in [2.75, 3.05) is 6.61 Å². The van der Waals surface area contributed by atoms with Crippen molar-refractivity contribution in [2.24, 2.45) is 0 Å². The summed E-state index contributed by atoms with van der Waals surface area (Å²) in [5.74, 6) is -0.981. The fourth-order valence-electron chi connectivity index (χ4n) is 0.130. The normalized spacial score (nSPS) is 7.00. The minimum Gasteiger partial charge on any atom is -0.478 e. The highest BCUT2D eigenvalue weighted by Gasteiger charge is 1.87. The van der Waals surface area contributed by atoms with Crippen molar-refractivity contribution in [1.29, 1.82) is 0 Å². The molecule has 0 bridgehead atoms. The fraction of sp³-hybridized carbons (Fsp3) is 0.143. The second-order valence-corrected chi connectivity index (χ2v) is 1.41. The summed E-state index contributed by atoms with van der Waals surface area (Å²) in [6.45, 7) is 6.27. The van der Waals surface area contributed by atoms with Crippen molar-refractivity contribution in [2.45, 2.75) is 0 Å². The Morgan fingerprint density at radius 2 is 1.75 bits per heavy atom. The number of ether oxygens (including phenoxy) is 1. The van der Waals surface area contributed by atoms with Crippen molar-refractivity contribution >= 4 is 12.1 Å². The van der Waals surface area contributed by atoms with Gasteiger partial charge in [-0.05, 0) is 0 Å². The maximum Gasteiger partial charge on any atom is 0.506 e. The molecule has 68 valence electrons. The number of carboxylic acid groups (broad SMARTS) is 2. The molecule has 0 spiro atoms. The summed E-state index contributed by atoms with van der Waals surface area (Å²) >= 11 is 0. The van der Waals surface area contributed by atoms with Crippen LogP contribution in [-0.4, -0.2) is 28.9 Å². The van der Waals surface area contributed by atoms with E-state index in [1.54, 1.807) is 0 Å². The lowest BCUT2D eigenvalue weighted by atomic mass is 10.7. The van der Waals surface area contributed by atoms with Gasteiger partial charge in [0.15, 0.2) is 0 Å². The lowest BCUT2D eigenvalue weighted by Crippen LogP contribution is -1.98. The fourth-order valence-corrected chi connectivity index (χ4v) is 0.130. The number of carbonyl (C=O) groups is 2. The molecule has 0 saturated heterocycles. The Morgan fingerprint density at radius 1 is 1.33 bits per heavy atom. The highest BCUT2D eigenvalue weighted by atomic mass is 16.7. The Balaban J connectivity index is 0. The molecule has 2 N–H and O–H groups in total. The van der Waals surface area contributed by atoms with Crippen molar-refractivity contribution in [3.63, 3.8) is 0 Å². The van der Waals surface area contributed by atoms with E-state index in [1.807, 2.05) is 0 Å². The van der Waals surface area contributed by atoms with Crippen LogP contribution in [0, 0.1) is 0 Å². The maximum atomic E-state index is 9.49. The van der Waals surface area contributed by atoms with Crippen LogP contribution in [0.5, 0.6) is 0 Å². The van der Waals surface area contributed by atoms with Crippen molar-refractivity contribution in [3.8, 4) is 0 Å². The first-order valence-corrected chi connectivity index (χ1v) is 2.86. The average Bonchev–Trinajstić information content (AvgIpc) is 2.02. The van der Waals surface area contributed by atoms with Gasteiger partial charge in [-0.25, -0.2) is 9.59 Å². The number of hydrogen-bond acceptors (Lipinski definition) is 3. The van der Waals surface area contributed by atoms with Gasteiger partial charge in [-0.15, -0.1) is 0 Å². The zero-order valence-corrected chi connectivity index (χ0v) is 6.40. The van der Waals surface area contributed by atoms with Crippen molar-refractivity contribution in [1.82, 2.24) is 0 Å². The van der Waals surface area contributed by atoms with E-state index < -0.39 is 12.1 Å². The van der Waals surface area contributed by atoms with Gasteiger partial charge in [0.1, 0.15) is 6.61 Å². The summed E-state index contributed by atoms with van der Waals surface area (Å²) in [6, 6.07) is 0. The second-order valence-electron chi connectivity index (χ2n) is 1.41. The number of aliphatic carboxylic acids is 1. The highest BCUT2D eigenvalue weighted by molar-refractivity contribution is 5.78. The highest BCUT2D eigenvalue weighted by Crippen LogP contribution is 1.73. The molecule has 0 fully saturated rings. The van der Waals surface area contributed by atoms with E-state index in [1.165, 1.54) is 6.08 Å². The Bertz CT molecular complexity index is 173. The quantitative estimate of drug-likeness (QED) is 0.380. The Kier molecular flexibility index (Phi) is 9.88. The van der Waals surface area contributed by atoms with E-state index in [0.717, 1.165) is 6.08 Å². The third-order valence-electron chi connectivity index (χ3n) is 0.499. The van der Waals surface area contributed by atoms with Gasteiger partial charge in [-0.1, -0.05) is 19.2 Å². The van der Waals surface area contributed by atoms with Crippen molar-refractivity contribution in [3.05, 3.63) is 25.3 Å². The topological polar surface area (TPSA) is 83.8 Å². The molecule has 0 aromatic carbocycles. The van der Waals surface area contributed by atoms with Gasteiger partial charge in [-0.2, -0.15) is 0 Å². The Hall–Kier alpha value is -1.78. The van der Waals surface area contributed by atoms with E-state index in [0.29, 0.717) is 0 Å². The molecule has 0 rings (SSSR count). The van der Waals surface area contributed by atoms with Crippen LogP contribution in [0.4, 0.5) is 4.79 Å². The summed E-state index contributed by atoms with van der Waals surface area (Å²) in [4.78, 5) is 18.7. The predicted octanol–water partition coefficient (Wildman–Crippen LogP) is 1.12. The van der Waals surface area contributed by atoms with Crippen LogP contribution in [0.2, 0.25) is 0 Å². The zero-order valence-electron chi connectivity index (χ0n) is 6.40. The molecule has 0 radical (unpaired) electrons. The summed E-state index contributed by atoms with van der Waals surface area (Å²) in [6.07, 6.45) is 0.939. The van der Waals surface area contributed by atoms with Gasteiger partial charge in [-0.3, -0.25) is 0 Å². The monoisotopic (exact) mass is 174 g/mol. The SMILES string of the molecule is C=CC(=O)O.C=CCOC(=O)O. The Morgan fingerprint density at radius 3 is 1.83 bits per heavy atom. The molecule has 5 nitrogen and oxygen atoms in total. The zero-order chi connectivity index (χ0) is 9.98. The molecule has 0 atom stereocenters. The van der Waals surface area contributed by atoms with Crippen LogP contribution in [0.3, 0.4) is 0 Å². The van der Waals surface area contributed by atoms with E-state index in [4.69, 9.17) is 10.2 Å². The molecule has 12 heavy (non-hydrogen) atoms. The van der Waals surface area contributed by atoms with Gasteiger partial charge < -0.3 is 14.9 Å². The van der Waals surface area contributed by atoms with Gasteiger partial charge in [0.05, 0.1) is 0 Å². The van der Waals surface area contributed by atoms with Gasteiger partial charge in [0.25, 0.3) is 0 Å². The second kappa shape index (κ2) is 9.22. The van der Waals surface area contributed by atoms with Gasteiger partial charge in [0, 0.05) is 6.08 Å². The maximum absolute atomic E-state index is 9.49. The summed E-state index contributed by atoms with van der Waals surface area (Å²) in [5.41, 5.74) is 0. The number of rotatable bonds is 3. The third kappa shape index (κ3) is 24.1. The molecule has 5 heteroatoms. The lowest BCUT2D eigenvalue weighted by molar-refractivity contribution is -0.131.